The van der Waals surface area contributed by atoms with Crippen LogP contribution in [0.15, 0.2) is 47.4 Å². The van der Waals surface area contributed by atoms with Crippen molar-refractivity contribution in [2.45, 2.75) is 25.2 Å². The molecule has 1 amide bonds. The molecular formula is C22H21ClN4O2S2. The Balaban J connectivity index is 1.45. The minimum absolute atomic E-state index is 0.0718. The number of ether oxygens (including phenoxy) is 1. The minimum Gasteiger partial charge on any atom is -0.497 e. The van der Waals surface area contributed by atoms with Gasteiger partial charge in [-0.25, -0.2) is 4.98 Å². The maximum absolute atomic E-state index is 12.6. The lowest BCUT2D eigenvalue weighted by Gasteiger charge is -2.07. The summed E-state index contributed by atoms with van der Waals surface area (Å²) in [6, 6.07) is 13.5. The number of nitrogens with zero attached hydrogens (tertiary/aromatic N) is 3. The second kappa shape index (κ2) is 9.30. The normalized spacial score (nSPS) is 11.1. The van der Waals surface area contributed by atoms with E-state index in [0.29, 0.717) is 28.1 Å². The van der Waals surface area contributed by atoms with Gasteiger partial charge in [0.25, 0.3) is 0 Å². The Kier molecular flexibility index (Phi) is 6.50. The van der Waals surface area contributed by atoms with Crippen molar-refractivity contribution in [2.24, 2.45) is 0 Å². The van der Waals surface area contributed by atoms with Crippen LogP contribution >= 0.6 is 34.7 Å². The van der Waals surface area contributed by atoms with Crippen LogP contribution in [0.5, 0.6) is 5.75 Å². The maximum Gasteiger partial charge on any atom is 0.226 e. The summed E-state index contributed by atoms with van der Waals surface area (Å²) in [6.45, 7) is 3.89. The second-order valence-electron chi connectivity index (χ2n) is 6.94. The molecule has 0 radical (unpaired) electrons. The predicted molar refractivity (Wildman–Crippen MR) is 128 cm³/mol. The number of halogens is 1. The van der Waals surface area contributed by atoms with Crippen molar-refractivity contribution in [2.75, 3.05) is 18.2 Å². The number of benzene rings is 2. The maximum atomic E-state index is 12.6. The highest BCUT2D eigenvalue weighted by Crippen LogP contribution is 2.34. The predicted octanol–water partition coefficient (Wildman–Crippen LogP) is 5.88. The molecule has 0 atom stereocenters. The van der Waals surface area contributed by atoms with Gasteiger partial charge in [-0.1, -0.05) is 29.0 Å². The standard InChI is InChI=1S/C22H21ClN4O2S2/c1-13-4-9-17(23)21-20(13)25-22(31-21)27-18(12-14(2)26-27)24-19(28)10-11-30-16-7-5-15(29-3)6-8-16/h4-9,12H,10-11H2,1-3H3,(H,24,28). The van der Waals surface area contributed by atoms with E-state index >= 15 is 0 Å². The molecule has 4 aromatic rings. The number of aromatic nitrogens is 3. The Hall–Kier alpha value is -2.55. The first-order valence-electron chi connectivity index (χ1n) is 9.64. The van der Waals surface area contributed by atoms with Gasteiger partial charge in [-0.05, 0) is 49.7 Å². The van der Waals surface area contributed by atoms with E-state index in [0.717, 1.165) is 32.1 Å². The minimum atomic E-state index is -0.0718. The van der Waals surface area contributed by atoms with E-state index in [4.69, 9.17) is 21.3 Å². The molecule has 0 spiro atoms. The average Bonchev–Trinajstić information content (AvgIpc) is 3.36. The molecule has 1 N–H and O–H groups in total. The molecule has 0 bridgehead atoms. The summed E-state index contributed by atoms with van der Waals surface area (Å²) >= 11 is 9.43. The summed E-state index contributed by atoms with van der Waals surface area (Å²) in [7, 11) is 1.64. The van der Waals surface area contributed by atoms with Gasteiger partial charge < -0.3 is 10.1 Å². The summed E-state index contributed by atoms with van der Waals surface area (Å²) < 4.78 is 7.75. The van der Waals surface area contributed by atoms with Crippen molar-refractivity contribution >= 4 is 56.6 Å². The molecule has 2 aromatic carbocycles. The zero-order valence-electron chi connectivity index (χ0n) is 17.3. The number of aryl methyl sites for hydroxylation is 2. The van der Waals surface area contributed by atoms with Gasteiger partial charge in [0.05, 0.1) is 28.0 Å². The molecule has 0 unspecified atom stereocenters. The molecule has 0 aliphatic rings. The largest absolute Gasteiger partial charge is 0.497 e. The fourth-order valence-electron chi connectivity index (χ4n) is 3.05. The Morgan fingerprint density at radius 1 is 1.23 bits per heavy atom. The summed E-state index contributed by atoms with van der Waals surface area (Å²) in [4.78, 5) is 18.4. The quantitative estimate of drug-likeness (QED) is 0.340. The van der Waals surface area contributed by atoms with Gasteiger partial charge in [0.1, 0.15) is 11.6 Å². The molecule has 0 saturated heterocycles. The number of anilines is 1. The zero-order chi connectivity index (χ0) is 22.0. The molecule has 4 rings (SSSR count). The van der Waals surface area contributed by atoms with Crippen LogP contribution in [0.3, 0.4) is 0 Å². The molecule has 0 aliphatic heterocycles. The number of rotatable bonds is 7. The molecular weight excluding hydrogens is 452 g/mol. The third-order valence-corrected chi connectivity index (χ3v) is 7.13. The summed E-state index contributed by atoms with van der Waals surface area (Å²) in [5.74, 6) is 2.01. The van der Waals surface area contributed by atoms with Gasteiger partial charge in [0, 0.05) is 23.1 Å². The smallest absolute Gasteiger partial charge is 0.226 e. The van der Waals surface area contributed by atoms with Crippen LogP contribution in [0.2, 0.25) is 5.02 Å². The van der Waals surface area contributed by atoms with E-state index in [2.05, 4.69) is 10.4 Å². The fourth-order valence-corrected chi connectivity index (χ4v) is 5.19. The van der Waals surface area contributed by atoms with E-state index in [1.807, 2.05) is 56.3 Å². The molecule has 0 fully saturated rings. The van der Waals surface area contributed by atoms with E-state index in [1.54, 1.807) is 23.6 Å². The second-order valence-corrected chi connectivity index (χ2v) is 9.50. The van der Waals surface area contributed by atoms with Crippen molar-refractivity contribution in [1.82, 2.24) is 14.8 Å². The molecule has 0 aliphatic carbocycles. The SMILES string of the molecule is COc1ccc(SCCC(=O)Nc2cc(C)nn2-c2nc3c(C)ccc(Cl)c3s2)cc1. The summed E-state index contributed by atoms with van der Waals surface area (Å²) in [6.07, 6.45) is 0.381. The van der Waals surface area contributed by atoms with Crippen LogP contribution in [0, 0.1) is 13.8 Å². The average molecular weight is 473 g/mol. The monoisotopic (exact) mass is 472 g/mol. The van der Waals surface area contributed by atoms with Gasteiger partial charge in [-0.2, -0.15) is 9.78 Å². The van der Waals surface area contributed by atoms with Gasteiger partial charge in [-0.15, -0.1) is 11.8 Å². The van der Waals surface area contributed by atoms with E-state index in [-0.39, 0.29) is 5.91 Å². The first-order valence-corrected chi connectivity index (χ1v) is 11.8. The number of nitrogens with one attached hydrogen (secondary N) is 1. The van der Waals surface area contributed by atoms with E-state index in [1.165, 1.54) is 11.3 Å². The summed E-state index contributed by atoms with van der Waals surface area (Å²) in [5, 5.41) is 8.82. The number of carbonyl (C=O) groups excluding carboxylic acids is 1. The Morgan fingerprint density at radius 2 is 2.00 bits per heavy atom. The van der Waals surface area contributed by atoms with Crippen molar-refractivity contribution < 1.29 is 9.53 Å². The Labute approximate surface area is 193 Å². The number of amides is 1. The van der Waals surface area contributed by atoms with Crippen LogP contribution in [0.4, 0.5) is 5.82 Å². The third kappa shape index (κ3) is 4.87. The van der Waals surface area contributed by atoms with Crippen molar-refractivity contribution in [3.05, 3.63) is 58.7 Å². The van der Waals surface area contributed by atoms with Crippen LogP contribution in [-0.4, -0.2) is 33.5 Å². The van der Waals surface area contributed by atoms with Crippen LogP contribution in [0.1, 0.15) is 17.7 Å². The number of methoxy groups -OCH3 is 1. The molecule has 2 aromatic heterocycles. The van der Waals surface area contributed by atoms with Gasteiger partial charge >= 0.3 is 0 Å². The number of hydrogen-bond donors (Lipinski definition) is 1. The highest BCUT2D eigenvalue weighted by Gasteiger charge is 2.16. The van der Waals surface area contributed by atoms with Crippen LogP contribution in [-0.2, 0) is 4.79 Å². The van der Waals surface area contributed by atoms with Crippen molar-refractivity contribution in [3.63, 3.8) is 0 Å². The third-order valence-electron chi connectivity index (χ3n) is 4.62. The van der Waals surface area contributed by atoms with E-state index < -0.39 is 0 Å². The number of carbonyl (C=O) groups is 1. The van der Waals surface area contributed by atoms with E-state index in [9.17, 15) is 4.79 Å². The molecule has 31 heavy (non-hydrogen) atoms. The van der Waals surface area contributed by atoms with Gasteiger partial charge in [0.2, 0.25) is 11.0 Å². The van der Waals surface area contributed by atoms with Crippen molar-refractivity contribution in [1.29, 1.82) is 0 Å². The highest BCUT2D eigenvalue weighted by molar-refractivity contribution is 7.99. The molecule has 6 nitrogen and oxygen atoms in total. The zero-order valence-corrected chi connectivity index (χ0v) is 19.7. The lowest BCUT2D eigenvalue weighted by atomic mass is 10.2. The number of thioether (sulfide) groups is 1. The van der Waals surface area contributed by atoms with Crippen LogP contribution in [0.25, 0.3) is 15.3 Å². The van der Waals surface area contributed by atoms with Gasteiger partial charge in [-0.3, -0.25) is 4.79 Å². The fraction of sp³-hybridized carbons (Fsp3) is 0.227. The topological polar surface area (TPSA) is 69.0 Å². The first kappa shape index (κ1) is 21.7. The molecule has 0 saturated carbocycles. The summed E-state index contributed by atoms with van der Waals surface area (Å²) in [5.41, 5.74) is 2.70. The van der Waals surface area contributed by atoms with Gasteiger partial charge in [0.15, 0.2) is 0 Å². The van der Waals surface area contributed by atoms with Crippen LogP contribution < -0.4 is 10.1 Å². The number of thiazole rings is 1. The lowest BCUT2D eigenvalue weighted by Crippen LogP contribution is -2.15. The Morgan fingerprint density at radius 3 is 2.71 bits per heavy atom. The number of fused-ring (bicyclic) bond motifs is 1. The Bertz CT molecular complexity index is 1200. The first-order chi connectivity index (χ1) is 14.9. The van der Waals surface area contributed by atoms with Crippen molar-refractivity contribution in [3.8, 4) is 10.9 Å². The lowest BCUT2D eigenvalue weighted by molar-refractivity contribution is -0.115. The molecule has 160 valence electrons. The molecule has 9 heteroatoms. The highest BCUT2D eigenvalue weighted by atomic mass is 35.5. The molecule has 2 heterocycles. The number of hydrogen-bond acceptors (Lipinski definition) is 6.